The molecule has 0 atom stereocenters. The lowest BCUT2D eigenvalue weighted by Crippen LogP contribution is -2.15. The number of hydrogen-bond acceptors (Lipinski definition) is 3. The number of carbonyl (C=O) groups is 1. The highest BCUT2D eigenvalue weighted by atomic mass is 16.1. The summed E-state index contributed by atoms with van der Waals surface area (Å²) < 4.78 is 0. The molecule has 27 heavy (non-hydrogen) atoms. The Kier molecular flexibility index (Phi) is 6.54. The predicted molar refractivity (Wildman–Crippen MR) is 113 cm³/mol. The number of benzene rings is 1. The number of allylic oxidation sites excluding steroid dienone is 3. The number of rotatable bonds is 6. The molecule has 0 amide bonds. The topological polar surface area (TPSA) is 32.3 Å². The molecule has 3 rings (SSSR count). The van der Waals surface area contributed by atoms with Crippen molar-refractivity contribution in [3.8, 4) is 0 Å². The molecule has 1 aromatic rings. The highest BCUT2D eigenvalue weighted by Crippen LogP contribution is 2.43. The van der Waals surface area contributed by atoms with Gasteiger partial charge in [0.25, 0.3) is 0 Å². The Morgan fingerprint density at radius 2 is 1.89 bits per heavy atom. The fourth-order valence-electron chi connectivity index (χ4n) is 4.43. The van der Waals surface area contributed by atoms with E-state index in [0.717, 1.165) is 6.54 Å². The van der Waals surface area contributed by atoms with Gasteiger partial charge >= 0.3 is 0 Å². The fraction of sp³-hybridized carbons (Fsp3) is 0.458. The Morgan fingerprint density at radius 3 is 2.52 bits per heavy atom. The van der Waals surface area contributed by atoms with Gasteiger partial charge in [0.2, 0.25) is 0 Å². The van der Waals surface area contributed by atoms with E-state index >= 15 is 0 Å². The molecular formula is C24H32N2O. The normalized spacial score (nSPS) is 20.5. The lowest BCUT2D eigenvalue weighted by molar-refractivity contribution is -0.115. The third-order valence-electron chi connectivity index (χ3n) is 5.79. The zero-order valence-corrected chi connectivity index (χ0v) is 16.9. The molecule has 0 bridgehead atoms. The Hall–Kier alpha value is -2.29. The molecular weight excluding hydrogens is 332 g/mol. The van der Waals surface area contributed by atoms with Crippen molar-refractivity contribution in [3.63, 3.8) is 0 Å². The van der Waals surface area contributed by atoms with E-state index in [9.17, 15) is 4.79 Å². The molecule has 0 aromatic heterocycles. The molecule has 1 aliphatic heterocycles. The molecule has 3 heteroatoms. The number of nitrogens with zero attached hydrogens (tertiary/aromatic N) is 1. The predicted octanol–water partition coefficient (Wildman–Crippen LogP) is 4.93. The summed E-state index contributed by atoms with van der Waals surface area (Å²) in [6, 6.07) is 10.7. The van der Waals surface area contributed by atoms with Gasteiger partial charge in [0, 0.05) is 32.8 Å². The highest BCUT2D eigenvalue weighted by Gasteiger charge is 2.31. The van der Waals surface area contributed by atoms with Crippen LogP contribution in [-0.4, -0.2) is 31.3 Å². The maximum Gasteiger partial charge on any atom is 0.178 e. The van der Waals surface area contributed by atoms with Gasteiger partial charge in [0.05, 0.1) is 5.70 Å². The zero-order chi connectivity index (χ0) is 19.2. The van der Waals surface area contributed by atoms with Crippen LogP contribution in [0.25, 0.3) is 5.70 Å². The van der Waals surface area contributed by atoms with Crippen LogP contribution in [-0.2, 0) is 4.79 Å². The largest absolute Gasteiger partial charge is 0.385 e. The van der Waals surface area contributed by atoms with Gasteiger partial charge in [0.15, 0.2) is 5.78 Å². The highest BCUT2D eigenvalue weighted by molar-refractivity contribution is 5.94. The van der Waals surface area contributed by atoms with E-state index in [2.05, 4.69) is 53.7 Å². The van der Waals surface area contributed by atoms with Crippen LogP contribution in [0.4, 0.5) is 0 Å². The number of ketones is 1. The van der Waals surface area contributed by atoms with E-state index in [1.807, 2.05) is 20.0 Å². The molecule has 1 aromatic carbocycles. The first kappa shape index (κ1) is 19.5. The first-order valence-corrected chi connectivity index (χ1v) is 10.3. The zero-order valence-electron chi connectivity index (χ0n) is 16.9. The van der Waals surface area contributed by atoms with E-state index in [-0.39, 0.29) is 5.78 Å². The van der Waals surface area contributed by atoms with E-state index < -0.39 is 0 Å². The number of carbonyl (C=O) groups excluding carboxylic acids is 1. The fourth-order valence-corrected chi connectivity index (χ4v) is 4.43. The molecule has 2 aliphatic rings. The molecule has 0 radical (unpaired) electrons. The van der Waals surface area contributed by atoms with Gasteiger partial charge in [0.1, 0.15) is 0 Å². The Morgan fingerprint density at radius 1 is 1.19 bits per heavy atom. The van der Waals surface area contributed by atoms with Crippen molar-refractivity contribution in [1.29, 1.82) is 0 Å². The van der Waals surface area contributed by atoms with E-state index in [0.29, 0.717) is 18.0 Å². The van der Waals surface area contributed by atoms with Crippen molar-refractivity contribution in [1.82, 2.24) is 10.2 Å². The van der Waals surface area contributed by atoms with Gasteiger partial charge in [-0.2, -0.15) is 0 Å². The number of nitrogens with one attached hydrogen (secondary N) is 1. The molecule has 3 nitrogen and oxygen atoms in total. The molecule has 1 N–H and O–H groups in total. The summed E-state index contributed by atoms with van der Waals surface area (Å²) in [5, 5.41) is 3.06. The van der Waals surface area contributed by atoms with E-state index in [1.54, 1.807) is 0 Å². The monoisotopic (exact) mass is 364 g/mol. The van der Waals surface area contributed by atoms with Crippen LogP contribution in [0.15, 0.2) is 59.3 Å². The van der Waals surface area contributed by atoms with Crippen molar-refractivity contribution in [3.05, 3.63) is 64.9 Å². The summed E-state index contributed by atoms with van der Waals surface area (Å²) >= 11 is 0. The van der Waals surface area contributed by atoms with Gasteiger partial charge < -0.3 is 10.2 Å². The second-order valence-electron chi connectivity index (χ2n) is 7.62. The van der Waals surface area contributed by atoms with Crippen molar-refractivity contribution < 1.29 is 4.79 Å². The summed E-state index contributed by atoms with van der Waals surface area (Å²) in [6.07, 6.45) is 11.2. The van der Waals surface area contributed by atoms with Crippen molar-refractivity contribution in [2.75, 3.05) is 20.6 Å². The molecule has 1 fully saturated rings. The number of Topliss-reactive ketones (excluding diaryl/α,β-unsaturated/α-hetero) is 1. The van der Waals surface area contributed by atoms with Gasteiger partial charge in [-0.3, -0.25) is 4.79 Å². The van der Waals surface area contributed by atoms with Crippen LogP contribution in [0.3, 0.4) is 0 Å². The first-order chi connectivity index (χ1) is 13.2. The summed E-state index contributed by atoms with van der Waals surface area (Å²) in [7, 11) is 4.01. The van der Waals surface area contributed by atoms with Crippen LogP contribution in [0, 0.1) is 5.92 Å². The third-order valence-corrected chi connectivity index (χ3v) is 5.79. The second kappa shape index (κ2) is 9.07. The number of hydrogen-bond donors (Lipinski definition) is 1. The van der Waals surface area contributed by atoms with E-state index in [1.165, 1.54) is 54.5 Å². The molecule has 0 spiro atoms. The maximum absolute atomic E-state index is 12.1. The summed E-state index contributed by atoms with van der Waals surface area (Å²) in [5.74, 6) is 0.783. The lowest BCUT2D eigenvalue weighted by atomic mass is 9.80. The van der Waals surface area contributed by atoms with Crippen molar-refractivity contribution in [2.24, 2.45) is 5.92 Å². The standard InChI is InChI=1S/C24H32N2O/c1-4-22(27)21(25-2)16-15-20-17-26(3)24(19-13-9-6-10-14-19)23(20)18-11-7-5-8-12-18/h6,9-10,13-16,18,25H,4-5,7-8,11-12,17H2,1-3H3/b20-15+,21-16-. The van der Waals surface area contributed by atoms with Gasteiger partial charge in [-0.15, -0.1) is 0 Å². The molecule has 0 saturated heterocycles. The third kappa shape index (κ3) is 4.35. The van der Waals surface area contributed by atoms with Gasteiger partial charge in [-0.05, 0) is 41.5 Å². The van der Waals surface area contributed by atoms with Gasteiger partial charge in [-0.25, -0.2) is 0 Å². The first-order valence-electron chi connectivity index (χ1n) is 10.3. The summed E-state index contributed by atoms with van der Waals surface area (Å²) in [5.41, 5.74) is 6.23. The minimum absolute atomic E-state index is 0.159. The van der Waals surface area contributed by atoms with Crippen LogP contribution in [0.2, 0.25) is 0 Å². The quantitative estimate of drug-likeness (QED) is 0.726. The minimum atomic E-state index is 0.159. The maximum atomic E-state index is 12.1. The Labute approximate surface area is 163 Å². The SMILES string of the molecule is CCC(=O)/C(=C/C=C1\CN(C)C(c2ccccc2)=C1C1CCCCC1)NC. The van der Waals surface area contributed by atoms with Gasteiger partial charge in [-0.1, -0.05) is 62.6 Å². The minimum Gasteiger partial charge on any atom is -0.385 e. The second-order valence-corrected chi connectivity index (χ2v) is 7.62. The van der Waals surface area contributed by atoms with Crippen LogP contribution >= 0.6 is 0 Å². The molecule has 1 aliphatic carbocycles. The van der Waals surface area contributed by atoms with Crippen molar-refractivity contribution in [2.45, 2.75) is 45.4 Å². The average Bonchev–Trinajstić information content (AvgIpc) is 3.05. The smallest absolute Gasteiger partial charge is 0.178 e. The summed E-state index contributed by atoms with van der Waals surface area (Å²) in [4.78, 5) is 14.5. The lowest BCUT2D eigenvalue weighted by Gasteiger charge is -2.25. The Bertz CT molecular complexity index is 752. The van der Waals surface area contributed by atoms with Crippen LogP contribution in [0.5, 0.6) is 0 Å². The average molecular weight is 365 g/mol. The molecule has 144 valence electrons. The molecule has 1 heterocycles. The molecule has 0 unspecified atom stereocenters. The van der Waals surface area contributed by atoms with Crippen molar-refractivity contribution >= 4 is 11.5 Å². The molecule has 1 saturated carbocycles. The van der Waals surface area contributed by atoms with Crippen LogP contribution < -0.4 is 5.32 Å². The van der Waals surface area contributed by atoms with E-state index in [4.69, 9.17) is 0 Å². The van der Waals surface area contributed by atoms with Crippen LogP contribution in [0.1, 0.15) is 51.0 Å². The summed E-state index contributed by atoms with van der Waals surface area (Å²) in [6.45, 7) is 2.81. The Balaban J connectivity index is 2.05. The number of likely N-dealkylation sites (N-methyl/N-ethyl adjacent to an activating group) is 2.